The first kappa shape index (κ1) is 9.84. The summed E-state index contributed by atoms with van der Waals surface area (Å²) >= 11 is 0. The van der Waals surface area contributed by atoms with E-state index in [4.69, 9.17) is 0 Å². The number of hydrogen-bond acceptors (Lipinski definition) is 2. The van der Waals surface area contributed by atoms with Gasteiger partial charge < -0.3 is 9.30 Å². The van der Waals surface area contributed by atoms with E-state index in [0.717, 1.165) is 0 Å². The van der Waals surface area contributed by atoms with Gasteiger partial charge in [0, 0.05) is 17.9 Å². The van der Waals surface area contributed by atoms with Gasteiger partial charge in [-0.3, -0.25) is 0 Å². The van der Waals surface area contributed by atoms with Gasteiger partial charge in [-0.25, -0.2) is 4.79 Å². The molecule has 1 aromatic rings. The maximum atomic E-state index is 11.1. The van der Waals surface area contributed by atoms with Crippen LogP contribution in [0.15, 0.2) is 18.5 Å². The summed E-state index contributed by atoms with van der Waals surface area (Å²) in [5.74, 6) is -0.289. The van der Waals surface area contributed by atoms with Crippen molar-refractivity contribution in [2.45, 2.75) is 26.3 Å². The Morgan fingerprint density at radius 3 is 2.46 bits per heavy atom. The van der Waals surface area contributed by atoms with Crippen LogP contribution in [0.5, 0.6) is 0 Å². The molecule has 0 amide bonds. The zero-order valence-electron chi connectivity index (χ0n) is 8.50. The van der Waals surface area contributed by atoms with Gasteiger partial charge in [-0.2, -0.15) is 0 Å². The molecule has 0 radical (unpaired) electrons. The number of carbonyl (C=O) groups is 1. The first-order chi connectivity index (χ1) is 5.95. The summed E-state index contributed by atoms with van der Waals surface area (Å²) in [5, 5.41) is 0. The van der Waals surface area contributed by atoms with Crippen LogP contribution in [0.1, 0.15) is 31.1 Å². The SMILES string of the molecule is COC(=O)c1ccn(C(C)(C)C)c1. The number of hydrogen-bond donors (Lipinski definition) is 0. The topological polar surface area (TPSA) is 31.2 Å². The van der Waals surface area contributed by atoms with Crippen molar-refractivity contribution in [3.63, 3.8) is 0 Å². The highest BCUT2D eigenvalue weighted by molar-refractivity contribution is 5.89. The molecule has 0 spiro atoms. The van der Waals surface area contributed by atoms with Crippen LogP contribution in [-0.2, 0) is 10.3 Å². The third-order valence-corrected chi connectivity index (χ3v) is 1.89. The van der Waals surface area contributed by atoms with Gasteiger partial charge in [0.15, 0.2) is 0 Å². The van der Waals surface area contributed by atoms with E-state index in [2.05, 4.69) is 25.5 Å². The average molecular weight is 181 g/mol. The Morgan fingerprint density at radius 1 is 1.46 bits per heavy atom. The third kappa shape index (κ3) is 2.11. The molecule has 1 heterocycles. The maximum absolute atomic E-state index is 11.1. The van der Waals surface area contributed by atoms with Crippen molar-refractivity contribution in [1.82, 2.24) is 4.57 Å². The number of ether oxygens (including phenoxy) is 1. The van der Waals surface area contributed by atoms with Gasteiger partial charge in [0.2, 0.25) is 0 Å². The van der Waals surface area contributed by atoms with E-state index < -0.39 is 0 Å². The minimum Gasteiger partial charge on any atom is -0.465 e. The summed E-state index contributed by atoms with van der Waals surface area (Å²) in [4.78, 5) is 11.1. The Labute approximate surface area is 78.3 Å². The lowest BCUT2D eigenvalue weighted by Crippen LogP contribution is -2.19. The van der Waals surface area contributed by atoms with Crippen LogP contribution in [0, 0.1) is 0 Å². The largest absolute Gasteiger partial charge is 0.465 e. The molecular weight excluding hydrogens is 166 g/mol. The highest BCUT2D eigenvalue weighted by atomic mass is 16.5. The molecule has 0 saturated heterocycles. The average Bonchev–Trinajstić information content (AvgIpc) is 2.50. The number of aromatic nitrogens is 1. The lowest BCUT2D eigenvalue weighted by Gasteiger charge is -2.20. The van der Waals surface area contributed by atoms with E-state index in [1.807, 2.05) is 10.8 Å². The Balaban J connectivity index is 2.93. The van der Waals surface area contributed by atoms with Crippen molar-refractivity contribution in [2.75, 3.05) is 7.11 Å². The zero-order valence-corrected chi connectivity index (χ0v) is 8.50. The molecule has 0 fully saturated rings. The Bertz CT molecular complexity index is 307. The fraction of sp³-hybridized carbons (Fsp3) is 0.500. The maximum Gasteiger partial charge on any atom is 0.339 e. The summed E-state index contributed by atoms with van der Waals surface area (Å²) in [5.41, 5.74) is 0.601. The predicted octanol–water partition coefficient (Wildman–Crippen LogP) is 2.03. The second-order valence-corrected chi connectivity index (χ2v) is 3.97. The van der Waals surface area contributed by atoms with Gasteiger partial charge in [0.05, 0.1) is 12.7 Å². The molecule has 0 aliphatic rings. The smallest absolute Gasteiger partial charge is 0.339 e. The highest BCUT2D eigenvalue weighted by Gasteiger charge is 2.14. The third-order valence-electron chi connectivity index (χ3n) is 1.89. The lowest BCUT2D eigenvalue weighted by molar-refractivity contribution is 0.0600. The van der Waals surface area contributed by atoms with Crippen LogP contribution in [0.2, 0.25) is 0 Å². The monoisotopic (exact) mass is 181 g/mol. The molecule has 0 N–H and O–H groups in total. The van der Waals surface area contributed by atoms with Crippen LogP contribution < -0.4 is 0 Å². The van der Waals surface area contributed by atoms with Crippen molar-refractivity contribution >= 4 is 5.97 Å². The molecule has 1 aromatic heterocycles. The Kier molecular flexibility index (Phi) is 2.45. The summed E-state index contributed by atoms with van der Waals surface area (Å²) in [6.07, 6.45) is 3.68. The normalized spacial score (nSPS) is 11.4. The first-order valence-electron chi connectivity index (χ1n) is 4.22. The quantitative estimate of drug-likeness (QED) is 0.621. The summed E-state index contributed by atoms with van der Waals surface area (Å²) in [6.45, 7) is 6.23. The number of rotatable bonds is 1. The van der Waals surface area contributed by atoms with E-state index in [1.165, 1.54) is 7.11 Å². The van der Waals surface area contributed by atoms with Crippen molar-refractivity contribution in [1.29, 1.82) is 0 Å². The Hall–Kier alpha value is -1.25. The molecule has 1 rings (SSSR count). The minimum atomic E-state index is -0.289. The minimum absolute atomic E-state index is 0.00622. The molecule has 3 heteroatoms. The van der Waals surface area contributed by atoms with E-state index in [1.54, 1.807) is 12.3 Å². The molecule has 0 aliphatic heterocycles. The van der Waals surface area contributed by atoms with Crippen molar-refractivity contribution < 1.29 is 9.53 Å². The highest BCUT2D eigenvalue weighted by Crippen LogP contribution is 2.15. The fourth-order valence-electron chi connectivity index (χ4n) is 1.05. The molecule has 0 aromatic carbocycles. The first-order valence-corrected chi connectivity index (χ1v) is 4.22. The zero-order chi connectivity index (χ0) is 10.1. The summed E-state index contributed by atoms with van der Waals surface area (Å²) in [6, 6.07) is 1.76. The van der Waals surface area contributed by atoms with Crippen molar-refractivity contribution in [2.24, 2.45) is 0 Å². The molecule has 0 bridgehead atoms. The van der Waals surface area contributed by atoms with Gasteiger partial charge >= 0.3 is 5.97 Å². The standard InChI is InChI=1S/C10H15NO2/c1-10(2,3)11-6-5-8(7-11)9(12)13-4/h5-7H,1-4H3. The molecule has 0 aliphatic carbocycles. The van der Waals surface area contributed by atoms with Gasteiger partial charge in [0.1, 0.15) is 0 Å². The van der Waals surface area contributed by atoms with Gasteiger partial charge in [-0.15, -0.1) is 0 Å². The van der Waals surface area contributed by atoms with Crippen molar-refractivity contribution in [3.8, 4) is 0 Å². The second kappa shape index (κ2) is 3.24. The van der Waals surface area contributed by atoms with Gasteiger partial charge in [0.25, 0.3) is 0 Å². The lowest BCUT2D eigenvalue weighted by atomic mass is 10.1. The molecule has 72 valence electrons. The van der Waals surface area contributed by atoms with Crippen LogP contribution in [0.3, 0.4) is 0 Å². The van der Waals surface area contributed by atoms with E-state index >= 15 is 0 Å². The molecule has 3 nitrogen and oxygen atoms in total. The van der Waals surface area contributed by atoms with Crippen LogP contribution in [-0.4, -0.2) is 17.6 Å². The van der Waals surface area contributed by atoms with Gasteiger partial charge in [-0.05, 0) is 26.8 Å². The van der Waals surface area contributed by atoms with E-state index in [9.17, 15) is 4.79 Å². The van der Waals surface area contributed by atoms with Crippen LogP contribution >= 0.6 is 0 Å². The predicted molar refractivity (Wildman–Crippen MR) is 50.8 cm³/mol. The number of esters is 1. The number of carbonyl (C=O) groups excluding carboxylic acids is 1. The van der Waals surface area contributed by atoms with Crippen LogP contribution in [0.25, 0.3) is 0 Å². The second-order valence-electron chi connectivity index (χ2n) is 3.97. The van der Waals surface area contributed by atoms with Gasteiger partial charge in [-0.1, -0.05) is 0 Å². The number of methoxy groups -OCH3 is 1. The van der Waals surface area contributed by atoms with Crippen LogP contribution in [0.4, 0.5) is 0 Å². The summed E-state index contributed by atoms with van der Waals surface area (Å²) < 4.78 is 6.60. The van der Waals surface area contributed by atoms with Crippen molar-refractivity contribution in [3.05, 3.63) is 24.0 Å². The molecule has 0 saturated carbocycles. The summed E-state index contributed by atoms with van der Waals surface area (Å²) in [7, 11) is 1.39. The fourth-order valence-corrected chi connectivity index (χ4v) is 1.05. The molecule has 0 atom stereocenters. The molecular formula is C10H15NO2. The molecule has 13 heavy (non-hydrogen) atoms. The Morgan fingerprint density at radius 2 is 2.08 bits per heavy atom. The van der Waals surface area contributed by atoms with E-state index in [-0.39, 0.29) is 11.5 Å². The molecule has 0 unspecified atom stereocenters. The van der Waals surface area contributed by atoms with E-state index in [0.29, 0.717) is 5.56 Å². The number of nitrogens with zero attached hydrogens (tertiary/aromatic N) is 1.